The zero-order chi connectivity index (χ0) is 10.8. The first kappa shape index (κ1) is 10.2. The van der Waals surface area contributed by atoms with Gasteiger partial charge in [0.2, 0.25) is 0 Å². The number of halogens is 1. The van der Waals surface area contributed by atoms with Crippen LogP contribution in [-0.2, 0) is 0 Å². The summed E-state index contributed by atoms with van der Waals surface area (Å²) >= 11 is 3.38. The number of ether oxygens (including phenoxy) is 2. The maximum atomic E-state index is 5.22. The Morgan fingerprint density at radius 2 is 1.73 bits per heavy atom. The molecule has 0 aliphatic rings. The number of hydrogen-bond acceptors (Lipinski definition) is 3. The van der Waals surface area contributed by atoms with E-state index in [4.69, 9.17) is 9.47 Å². The van der Waals surface area contributed by atoms with Crippen molar-refractivity contribution in [1.29, 1.82) is 0 Å². The molecule has 0 N–H and O–H groups in total. The van der Waals surface area contributed by atoms with Gasteiger partial charge in [-0.15, -0.1) is 0 Å². The minimum Gasteiger partial charge on any atom is -0.493 e. The number of aromatic nitrogens is 1. The van der Waals surface area contributed by atoms with Crippen LogP contribution < -0.4 is 9.47 Å². The summed E-state index contributed by atoms with van der Waals surface area (Å²) in [5.41, 5.74) is 0.885. The fourth-order valence-electron chi connectivity index (χ4n) is 1.43. The van der Waals surface area contributed by atoms with E-state index < -0.39 is 0 Å². The minimum atomic E-state index is 0.694. The summed E-state index contributed by atoms with van der Waals surface area (Å²) in [6, 6.07) is 5.76. The van der Waals surface area contributed by atoms with Crippen LogP contribution >= 0.6 is 15.9 Å². The van der Waals surface area contributed by atoms with Crippen LogP contribution in [0, 0.1) is 0 Å². The molecule has 0 aliphatic heterocycles. The summed E-state index contributed by atoms with van der Waals surface area (Å²) in [6.45, 7) is 0. The van der Waals surface area contributed by atoms with E-state index in [1.807, 2.05) is 18.2 Å². The van der Waals surface area contributed by atoms with E-state index in [9.17, 15) is 0 Å². The Morgan fingerprint density at radius 1 is 1.07 bits per heavy atom. The number of pyridine rings is 1. The van der Waals surface area contributed by atoms with Gasteiger partial charge in [0.25, 0.3) is 0 Å². The zero-order valence-electron chi connectivity index (χ0n) is 8.45. The molecular formula is C11H10BrNO2. The van der Waals surface area contributed by atoms with E-state index in [2.05, 4.69) is 20.9 Å². The van der Waals surface area contributed by atoms with Crippen LogP contribution in [0.2, 0.25) is 0 Å². The maximum absolute atomic E-state index is 5.22. The van der Waals surface area contributed by atoms with Gasteiger partial charge in [0.1, 0.15) is 0 Å². The summed E-state index contributed by atoms with van der Waals surface area (Å²) < 4.78 is 11.4. The normalized spacial score (nSPS) is 10.3. The third-order valence-electron chi connectivity index (χ3n) is 2.15. The number of fused-ring (bicyclic) bond motifs is 1. The number of nitrogens with zero attached hydrogens (tertiary/aromatic N) is 1. The van der Waals surface area contributed by atoms with Crippen molar-refractivity contribution in [2.75, 3.05) is 14.2 Å². The molecule has 0 saturated carbocycles. The molecule has 0 unspecified atom stereocenters. The molecule has 1 aromatic carbocycles. The first-order chi connectivity index (χ1) is 7.24. The molecular weight excluding hydrogens is 258 g/mol. The molecule has 4 heteroatoms. The topological polar surface area (TPSA) is 31.4 Å². The number of rotatable bonds is 2. The number of hydrogen-bond donors (Lipinski definition) is 0. The molecule has 3 nitrogen and oxygen atoms in total. The highest BCUT2D eigenvalue weighted by atomic mass is 79.9. The van der Waals surface area contributed by atoms with Crippen LogP contribution in [0.3, 0.4) is 0 Å². The molecule has 0 atom stereocenters. The van der Waals surface area contributed by atoms with Gasteiger partial charge in [0.05, 0.1) is 19.7 Å². The molecule has 15 heavy (non-hydrogen) atoms. The van der Waals surface area contributed by atoms with Crippen molar-refractivity contribution in [3.05, 3.63) is 28.9 Å². The lowest BCUT2D eigenvalue weighted by Crippen LogP contribution is -1.91. The Hall–Kier alpha value is -1.29. The van der Waals surface area contributed by atoms with E-state index in [-0.39, 0.29) is 0 Å². The average molecular weight is 268 g/mol. The zero-order valence-corrected chi connectivity index (χ0v) is 10.0. The second-order valence-electron chi connectivity index (χ2n) is 3.05. The van der Waals surface area contributed by atoms with Gasteiger partial charge in [-0.3, -0.25) is 4.98 Å². The first-order valence-corrected chi connectivity index (χ1v) is 5.21. The van der Waals surface area contributed by atoms with Gasteiger partial charge in [-0.25, -0.2) is 0 Å². The molecule has 0 bridgehead atoms. The number of benzene rings is 1. The molecule has 1 heterocycles. The van der Waals surface area contributed by atoms with E-state index in [1.54, 1.807) is 20.4 Å². The lowest BCUT2D eigenvalue weighted by atomic mass is 10.2. The van der Waals surface area contributed by atoms with Gasteiger partial charge in [0.15, 0.2) is 11.5 Å². The highest BCUT2D eigenvalue weighted by Gasteiger charge is 2.06. The first-order valence-electron chi connectivity index (χ1n) is 4.42. The summed E-state index contributed by atoms with van der Waals surface area (Å²) in [5, 5.41) is 1.02. The van der Waals surface area contributed by atoms with Crippen molar-refractivity contribution in [3.63, 3.8) is 0 Å². The standard InChI is InChI=1S/C11H10BrNO2/c1-14-10-4-7-3-8(12)6-13-9(7)5-11(10)15-2/h3-6H,1-2H3. The Balaban J connectivity index is 2.69. The van der Waals surface area contributed by atoms with Gasteiger partial charge in [-0.1, -0.05) is 0 Å². The van der Waals surface area contributed by atoms with Gasteiger partial charge in [-0.2, -0.15) is 0 Å². The quantitative estimate of drug-likeness (QED) is 0.838. The van der Waals surface area contributed by atoms with E-state index in [0.717, 1.165) is 15.4 Å². The van der Waals surface area contributed by atoms with Crippen LogP contribution in [0.4, 0.5) is 0 Å². The highest BCUT2D eigenvalue weighted by molar-refractivity contribution is 9.10. The lowest BCUT2D eigenvalue weighted by molar-refractivity contribution is 0.356. The smallest absolute Gasteiger partial charge is 0.162 e. The SMILES string of the molecule is COc1cc2cc(Br)cnc2cc1OC. The molecule has 0 spiro atoms. The van der Waals surface area contributed by atoms with Gasteiger partial charge >= 0.3 is 0 Å². The molecule has 0 aliphatic carbocycles. The van der Waals surface area contributed by atoms with Gasteiger partial charge in [0, 0.05) is 22.1 Å². The third-order valence-corrected chi connectivity index (χ3v) is 2.59. The van der Waals surface area contributed by atoms with Crippen LogP contribution in [-0.4, -0.2) is 19.2 Å². The predicted molar refractivity (Wildman–Crippen MR) is 62.5 cm³/mol. The van der Waals surface area contributed by atoms with E-state index in [0.29, 0.717) is 11.5 Å². The monoisotopic (exact) mass is 267 g/mol. The van der Waals surface area contributed by atoms with Gasteiger partial charge < -0.3 is 9.47 Å². The molecule has 78 valence electrons. The van der Waals surface area contributed by atoms with Crippen molar-refractivity contribution in [2.45, 2.75) is 0 Å². The van der Waals surface area contributed by atoms with Crippen molar-refractivity contribution < 1.29 is 9.47 Å². The third kappa shape index (κ3) is 1.90. The second-order valence-corrected chi connectivity index (χ2v) is 3.97. The van der Waals surface area contributed by atoms with Crippen molar-refractivity contribution >= 4 is 26.8 Å². The Bertz CT molecular complexity index is 499. The van der Waals surface area contributed by atoms with Crippen LogP contribution in [0.5, 0.6) is 11.5 Å². The van der Waals surface area contributed by atoms with Gasteiger partial charge in [-0.05, 0) is 28.1 Å². The Kier molecular flexibility index (Phi) is 2.77. The van der Waals surface area contributed by atoms with Crippen LogP contribution in [0.25, 0.3) is 10.9 Å². The molecule has 0 fully saturated rings. The Labute approximate surface area is 96.2 Å². The number of methoxy groups -OCH3 is 2. The van der Waals surface area contributed by atoms with Crippen molar-refractivity contribution in [3.8, 4) is 11.5 Å². The highest BCUT2D eigenvalue weighted by Crippen LogP contribution is 2.31. The molecule has 2 rings (SSSR count). The summed E-state index contributed by atoms with van der Waals surface area (Å²) in [5.74, 6) is 1.41. The molecule has 0 radical (unpaired) electrons. The second kappa shape index (κ2) is 4.06. The summed E-state index contributed by atoms with van der Waals surface area (Å²) in [7, 11) is 3.23. The molecule has 2 aromatic rings. The van der Waals surface area contributed by atoms with Crippen molar-refractivity contribution in [1.82, 2.24) is 4.98 Å². The van der Waals surface area contributed by atoms with Crippen LogP contribution in [0.1, 0.15) is 0 Å². The lowest BCUT2D eigenvalue weighted by Gasteiger charge is -2.08. The maximum Gasteiger partial charge on any atom is 0.162 e. The fraction of sp³-hybridized carbons (Fsp3) is 0.182. The summed E-state index contributed by atoms with van der Waals surface area (Å²) in [4.78, 5) is 4.28. The molecule has 0 amide bonds. The van der Waals surface area contributed by atoms with Crippen molar-refractivity contribution in [2.24, 2.45) is 0 Å². The Morgan fingerprint density at radius 3 is 2.40 bits per heavy atom. The van der Waals surface area contributed by atoms with E-state index in [1.165, 1.54) is 0 Å². The minimum absolute atomic E-state index is 0.694. The summed E-state index contributed by atoms with van der Waals surface area (Å²) in [6.07, 6.45) is 1.76. The predicted octanol–water partition coefficient (Wildman–Crippen LogP) is 3.01. The molecule has 1 aromatic heterocycles. The largest absolute Gasteiger partial charge is 0.493 e. The van der Waals surface area contributed by atoms with E-state index >= 15 is 0 Å². The average Bonchev–Trinajstić information content (AvgIpc) is 2.27. The molecule has 0 saturated heterocycles. The van der Waals surface area contributed by atoms with Crippen LogP contribution in [0.15, 0.2) is 28.9 Å². The fourth-order valence-corrected chi connectivity index (χ4v) is 1.78.